The van der Waals surface area contributed by atoms with E-state index in [0.717, 1.165) is 25.0 Å². The normalized spacial score (nSPS) is 15.8. The molecule has 1 fully saturated rings. The number of alkyl halides is 3. The summed E-state index contributed by atoms with van der Waals surface area (Å²) in [6, 6.07) is 3.01. The van der Waals surface area contributed by atoms with E-state index in [4.69, 9.17) is 11.6 Å². The molecule has 1 aliphatic carbocycles. The molecular weight excluding hydrogens is 255 g/mol. The van der Waals surface area contributed by atoms with Gasteiger partial charge in [-0.3, -0.25) is 4.79 Å². The van der Waals surface area contributed by atoms with Gasteiger partial charge < -0.3 is 5.32 Å². The minimum atomic E-state index is -4.47. The van der Waals surface area contributed by atoms with Gasteiger partial charge in [0.2, 0.25) is 5.91 Å². The Morgan fingerprint density at radius 1 is 1.29 bits per heavy atom. The number of benzene rings is 1. The molecule has 0 aliphatic heterocycles. The smallest absolute Gasteiger partial charge is 0.326 e. The lowest BCUT2D eigenvalue weighted by Crippen LogP contribution is -2.14. The Balaban J connectivity index is 2.22. The Bertz CT molecular complexity index is 455. The molecule has 1 amide bonds. The van der Waals surface area contributed by atoms with E-state index in [1.165, 1.54) is 6.07 Å². The molecule has 1 aliphatic rings. The number of amides is 1. The molecule has 0 spiro atoms. The molecule has 0 aromatic heterocycles. The molecule has 1 aromatic rings. The minimum Gasteiger partial charge on any atom is -0.326 e. The first-order valence-corrected chi connectivity index (χ1v) is 5.43. The largest absolute Gasteiger partial charge is 0.416 e. The van der Waals surface area contributed by atoms with Crippen molar-refractivity contribution in [2.45, 2.75) is 19.0 Å². The van der Waals surface area contributed by atoms with Crippen molar-refractivity contribution in [2.75, 3.05) is 5.32 Å². The van der Waals surface area contributed by atoms with Crippen molar-refractivity contribution in [1.82, 2.24) is 0 Å². The molecule has 0 unspecified atom stereocenters. The summed E-state index contributed by atoms with van der Waals surface area (Å²) in [6.45, 7) is 0. The number of hydrogen-bond donors (Lipinski definition) is 1. The highest BCUT2D eigenvalue weighted by atomic mass is 35.5. The van der Waals surface area contributed by atoms with Crippen molar-refractivity contribution in [1.29, 1.82) is 0 Å². The van der Waals surface area contributed by atoms with Crippen molar-refractivity contribution in [2.24, 2.45) is 5.92 Å². The van der Waals surface area contributed by atoms with Crippen LogP contribution in [0.2, 0.25) is 5.02 Å². The van der Waals surface area contributed by atoms with E-state index in [1.807, 2.05) is 0 Å². The molecule has 1 aromatic carbocycles. The predicted octanol–water partition coefficient (Wildman–Crippen LogP) is 3.71. The van der Waals surface area contributed by atoms with Crippen LogP contribution in [-0.4, -0.2) is 5.91 Å². The highest BCUT2D eigenvalue weighted by molar-refractivity contribution is 6.31. The van der Waals surface area contributed by atoms with Gasteiger partial charge in [-0.05, 0) is 31.0 Å². The second-order valence-corrected chi connectivity index (χ2v) is 4.43. The van der Waals surface area contributed by atoms with E-state index in [-0.39, 0.29) is 22.5 Å². The lowest BCUT2D eigenvalue weighted by molar-refractivity contribution is -0.137. The Hall–Kier alpha value is -1.23. The Morgan fingerprint density at radius 3 is 2.47 bits per heavy atom. The molecular formula is C11H9ClF3NO. The summed E-state index contributed by atoms with van der Waals surface area (Å²) in [4.78, 5) is 11.4. The molecule has 0 saturated heterocycles. The molecule has 0 heterocycles. The number of rotatable bonds is 2. The van der Waals surface area contributed by atoms with Crippen molar-refractivity contribution >= 4 is 23.2 Å². The van der Waals surface area contributed by atoms with Gasteiger partial charge in [0, 0.05) is 16.6 Å². The first-order valence-electron chi connectivity index (χ1n) is 5.05. The maximum Gasteiger partial charge on any atom is 0.416 e. The minimum absolute atomic E-state index is 0.0501. The van der Waals surface area contributed by atoms with Gasteiger partial charge in [0.15, 0.2) is 0 Å². The molecule has 17 heavy (non-hydrogen) atoms. The van der Waals surface area contributed by atoms with Gasteiger partial charge >= 0.3 is 6.18 Å². The topological polar surface area (TPSA) is 29.1 Å². The Labute approximate surface area is 101 Å². The van der Waals surface area contributed by atoms with Gasteiger partial charge in [0.25, 0.3) is 0 Å². The second kappa shape index (κ2) is 4.22. The van der Waals surface area contributed by atoms with Crippen LogP contribution in [0.25, 0.3) is 0 Å². The van der Waals surface area contributed by atoms with E-state index in [0.29, 0.717) is 0 Å². The van der Waals surface area contributed by atoms with Crippen molar-refractivity contribution < 1.29 is 18.0 Å². The fourth-order valence-corrected chi connectivity index (χ4v) is 1.65. The van der Waals surface area contributed by atoms with Crippen molar-refractivity contribution in [3.05, 3.63) is 28.8 Å². The van der Waals surface area contributed by atoms with Crippen LogP contribution in [-0.2, 0) is 11.0 Å². The Morgan fingerprint density at radius 2 is 1.94 bits per heavy atom. The highest BCUT2D eigenvalue weighted by Gasteiger charge is 2.32. The number of nitrogens with one attached hydrogen (secondary N) is 1. The summed E-state index contributed by atoms with van der Waals surface area (Å²) < 4.78 is 37.5. The van der Waals surface area contributed by atoms with Crippen LogP contribution in [0.3, 0.4) is 0 Å². The van der Waals surface area contributed by atoms with Crippen molar-refractivity contribution in [3.8, 4) is 0 Å². The number of carbonyl (C=O) groups is 1. The van der Waals surface area contributed by atoms with Gasteiger partial charge in [-0.15, -0.1) is 0 Å². The average Bonchev–Trinajstić information content (AvgIpc) is 2.97. The van der Waals surface area contributed by atoms with E-state index in [2.05, 4.69) is 5.32 Å². The molecule has 2 rings (SSSR count). The fourth-order valence-electron chi connectivity index (χ4n) is 1.42. The van der Waals surface area contributed by atoms with Gasteiger partial charge in [-0.2, -0.15) is 13.2 Å². The average molecular weight is 264 g/mol. The maximum atomic E-state index is 12.5. The van der Waals surface area contributed by atoms with E-state index >= 15 is 0 Å². The summed E-state index contributed by atoms with van der Waals surface area (Å²) in [7, 11) is 0. The zero-order chi connectivity index (χ0) is 12.6. The quantitative estimate of drug-likeness (QED) is 0.866. The molecule has 0 radical (unpaired) electrons. The monoisotopic (exact) mass is 263 g/mol. The molecule has 0 atom stereocenters. The standard InChI is InChI=1S/C11H9ClF3NO/c12-8-3-7(11(13,14)15)4-9(5-8)16-10(17)6-1-2-6/h3-6H,1-2H2,(H,16,17). The molecule has 92 valence electrons. The Kier molecular flexibility index (Phi) is 3.03. The van der Waals surface area contributed by atoms with E-state index in [1.54, 1.807) is 0 Å². The fraction of sp³-hybridized carbons (Fsp3) is 0.364. The summed E-state index contributed by atoms with van der Waals surface area (Å²) in [5.41, 5.74) is -0.780. The van der Waals surface area contributed by atoms with E-state index in [9.17, 15) is 18.0 Å². The van der Waals surface area contributed by atoms with Gasteiger partial charge in [0.1, 0.15) is 0 Å². The highest BCUT2D eigenvalue weighted by Crippen LogP contribution is 2.34. The van der Waals surface area contributed by atoms with Crippen LogP contribution in [0, 0.1) is 5.92 Å². The van der Waals surface area contributed by atoms with Crippen LogP contribution >= 0.6 is 11.6 Å². The van der Waals surface area contributed by atoms with Crippen LogP contribution in [0.5, 0.6) is 0 Å². The SMILES string of the molecule is O=C(Nc1cc(Cl)cc(C(F)(F)F)c1)C1CC1. The summed E-state index contributed by atoms with van der Waals surface area (Å²) in [6.07, 6.45) is -2.89. The first-order chi connectivity index (χ1) is 7.86. The van der Waals surface area contributed by atoms with Crippen LogP contribution in [0.15, 0.2) is 18.2 Å². The number of hydrogen-bond acceptors (Lipinski definition) is 1. The third kappa shape index (κ3) is 3.12. The van der Waals surface area contributed by atoms with Crippen molar-refractivity contribution in [3.63, 3.8) is 0 Å². The first kappa shape index (κ1) is 12.2. The lowest BCUT2D eigenvalue weighted by Gasteiger charge is -2.10. The molecule has 6 heteroatoms. The third-order valence-corrected chi connectivity index (χ3v) is 2.66. The number of carbonyl (C=O) groups excluding carboxylic acids is 1. The zero-order valence-electron chi connectivity index (χ0n) is 8.64. The van der Waals surface area contributed by atoms with Crippen LogP contribution in [0.4, 0.5) is 18.9 Å². The molecule has 1 saturated carbocycles. The molecule has 0 bridgehead atoms. The molecule has 1 N–H and O–H groups in total. The van der Waals surface area contributed by atoms with Gasteiger partial charge in [-0.25, -0.2) is 0 Å². The third-order valence-electron chi connectivity index (χ3n) is 2.44. The lowest BCUT2D eigenvalue weighted by atomic mass is 10.2. The summed E-state index contributed by atoms with van der Waals surface area (Å²) in [5.74, 6) is -0.316. The maximum absolute atomic E-state index is 12.5. The van der Waals surface area contributed by atoms with Gasteiger partial charge in [-0.1, -0.05) is 11.6 Å². The predicted molar refractivity (Wildman–Crippen MR) is 57.8 cm³/mol. The van der Waals surface area contributed by atoms with Gasteiger partial charge in [0.05, 0.1) is 5.56 Å². The van der Waals surface area contributed by atoms with E-state index < -0.39 is 11.7 Å². The number of anilines is 1. The molecule has 2 nitrogen and oxygen atoms in total. The summed E-state index contributed by atoms with van der Waals surface area (Å²) >= 11 is 5.58. The summed E-state index contributed by atoms with van der Waals surface area (Å²) in [5, 5.41) is 2.38. The second-order valence-electron chi connectivity index (χ2n) is 3.99. The number of halogens is 4. The zero-order valence-corrected chi connectivity index (χ0v) is 9.40. The van der Waals surface area contributed by atoms with Crippen LogP contribution in [0.1, 0.15) is 18.4 Å². The van der Waals surface area contributed by atoms with Crippen LogP contribution < -0.4 is 5.32 Å².